The van der Waals surface area contributed by atoms with Crippen molar-refractivity contribution < 1.29 is 17.2 Å². The summed E-state index contributed by atoms with van der Waals surface area (Å²) in [5.74, 6) is 0.282. The summed E-state index contributed by atoms with van der Waals surface area (Å²) in [6, 6.07) is 0. The van der Waals surface area contributed by atoms with Crippen LogP contribution in [0, 0.1) is 19.8 Å². The number of halogens is 2. The zero-order valence-corrected chi connectivity index (χ0v) is 12.6. The third-order valence-electron chi connectivity index (χ3n) is 3.66. The second-order valence-electron chi connectivity index (χ2n) is 5.33. The van der Waals surface area contributed by atoms with Crippen LogP contribution in [-0.2, 0) is 10.0 Å². The average molecular weight is 307 g/mol. The molecule has 0 unspecified atom stereocenters. The minimum Gasteiger partial charge on any atom is -0.207 e. The third kappa shape index (κ3) is 2.58. The largest absolute Gasteiger partial charge is 0.333 e. The number of piperidine rings is 1. The predicted molar refractivity (Wildman–Crippen MR) is 70.1 cm³/mol. The molecule has 0 bridgehead atoms. The highest BCUT2D eigenvalue weighted by Gasteiger charge is 2.34. The molecule has 1 saturated heterocycles. The van der Waals surface area contributed by atoms with Crippen molar-refractivity contribution in [3.63, 3.8) is 0 Å². The molecule has 0 aromatic carbocycles. The lowest BCUT2D eigenvalue weighted by Crippen LogP contribution is -2.39. The molecule has 0 N–H and O–H groups in total. The summed E-state index contributed by atoms with van der Waals surface area (Å²) in [4.78, 5) is -0.0769. The van der Waals surface area contributed by atoms with Crippen LogP contribution in [0.3, 0.4) is 0 Å². The number of aryl methyl sites for hydroxylation is 1. The van der Waals surface area contributed by atoms with Crippen LogP contribution < -0.4 is 0 Å². The highest BCUT2D eigenvalue weighted by atomic mass is 32.2. The van der Waals surface area contributed by atoms with E-state index in [2.05, 4.69) is 5.10 Å². The van der Waals surface area contributed by atoms with E-state index in [0.717, 1.165) is 12.8 Å². The quantitative estimate of drug-likeness (QED) is 0.861. The second-order valence-corrected chi connectivity index (χ2v) is 7.21. The van der Waals surface area contributed by atoms with E-state index in [9.17, 15) is 17.2 Å². The third-order valence-corrected chi connectivity index (χ3v) is 5.78. The van der Waals surface area contributed by atoms with E-state index in [1.54, 1.807) is 0 Å². The van der Waals surface area contributed by atoms with Crippen LogP contribution in [0.25, 0.3) is 0 Å². The summed E-state index contributed by atoms with van der Waals surface area (Å²) in [6.07, 6.45) is 1.78. The maximum atomic E-state index is 12.8. The van der Waals surface area contributed by atoms with Gasteiger partial charge in [0.15, 0.2) is 0 Å². The number of nitrogens with zero attached hydrogens (tertiary/aromatic N) is 3. The van der Waals surface area contributed by atoms with Gasteiger partial charge in [-0.25, -0.2) is 13.1 Å². The molecule has 2 rings (SSSR count). The number of rotatable bonds is 3. The lowest BCUT2D eigenvalue weighted by atomic mass is 10.0. The van der Waals surface area contributed by atoms with Gasteiger partial charge >= 0.3 is 6.55 Å². The van der Waals surface area contributed by atoms with E-state index in [1.165, 1.54) is 18.2 Å². The van der Waals surface area contributed by atoms with Crippen LogP contribution in [0.1, 0.15) is 37.7 Å². The Morgan fingerprint density at radius 3 is 2.50 bits per heavy atom. The molecule has 1 atom stereocenters. The van der Waals surface area contributed by atoms with E-state index < -0.39 is 16.6 Å². The Balaban J connectivity index is 2.44. The van der Waals surface area contributed by atoms with Crippen molar-refractivity contribution in [1.29, 1.82) is 0 Å². The monoisotopic (exact) mass is 307 g/mol. The van der Waals surface area contributed by atoms with Gasteiger partial charge in [-0.1, -0.05) is 6.92 Å². The van der Waals surface area contributed by atoms with Gasteiger partial charge in [-0.15, -0.1) is 0 Å². The molecule has 0 spiro atoms. The van der Waals surface area contributed by atoms with Crippen LogP contribution >= 0.6 is 0 Å². The molecular weight excluding hydrogens is 288 g/mol. The normalized spacial score (nSPS) is 21.6. The summed E-state index contributed by atoms with van der Waals surface area (Å²) in [5.41, 5.74) is 0.122. The van der Waals surface area contributed by atoms with Gasteiger partial charge < -0.3 is 0 Å². The number of aromatic nitrogens is 2. The minimum atomic E-state index is -3.75. The Morgan fingerprint density at radius 2 is 2.00 bits per heavy atom. The van der Waals surface area contributed by atoms with Gasteiger partial charge in [-0.2, -0.15) is 18.2 Å². The molecule has 0 radical (unpaired) electrons. The Bertz CT molecular complexity index is 598. The highest BCUT2D eigenvalue weighted by Crippen LogP contribution is 2.29. The number of hydrogen-bond donors (Lipinski definition) is 0. The fourth-order valence-corrected chi connectivity index (χ4v) is 4.66. The summed E-state index contributed by atoms with van der Waals surface area (Å²) in [7, 11) is -3.75. The van der Waals surface area contributed by atoms with Crippen molar-refractivity contribution in [2.75, 3.05) is 13.1 Å². The molecule has 20 heavy (non-hydrogen) atoms. The standard InChI is InChI=1S/C12H19F2N3O2S/c1-8-5-4-6-16(7-8)20(18,19)11-9(2)15-17(10(11)3)12(13)14/h8,12H,4-7H2,1-3H3/t8-/m0/s1. The molecule has 1 aliphatic heterocycles. The van der Waals surface area contributed by atoms with Gasteiger partial charge in [0.1, 0.15) is 4.90 Å². The molecule has 1 aliphatic rings. The van der Waals surface area contributed by atoms with E-state index in [-0.39, 0.29) is 22.2 Å². The zero-order chi connectivity index (χ0) is 15.1. The average Bonchev–Trinajstić information content (AvgIpc) is 2.65. The van der Waals surface area contributed by atoms with Gasteiger partial charge in [0, 0.05) is 13.1 Å². The Kier molecular flexibility index (Phi) is 4.15. The zero-order valence-electron chi connectivity index (χ0n) is 11.8. The maximum Gasteiger partial charge on any atom is 0.333 e. The predicted octanol–water partition coefficient (Wildman–Crippen LogP) is 2.32. The minimum absolute atomic E-state index is 0.00396. The Morgan fingerprint density at radius 1 is 1.35 bits per heavy atom. The number of hydrogen-bond acceptors (Lipinski definition) is 3. The highest BCUT2D eigenvalue weighted by molar-refractivity contribution is 7.89. The number of sulfonamides is 1. The molecule has 5 nitrogen and oxygen atoms in total. The fourth-order valence-electron chi connectivity index (χ4n) is 2.70. The molecule has 0 saturated carbocycles. The topological polar surface area (TPSA) is 55.2 Å². The van der Waals surface area contributed by atoms with Crippen molar-refractivity contribution in [2.24, 2.45) is 5.92 Å². The molecule has 1 aromatic heterocycles. The molecule has 0 aliphatic carbocycles. The van der Waals surface area contributed by atoms with Crippen molar-refractivity contribution in [1.82, 2.24) is 14.1 Å². The molecule has 0 amide bonds. The Hall–Kier alpha value is -1.02. The van der Waals surface area contributed by atoms with Gasteiger partial charge in [0.05, 0.1) is 11.4 Å². The van der Waals surface area contributed by atoms with Crippen LogP contribution in [0.15, 0.2) is 4.90 Å². The van der Waals surface area contributed by atoms with Gasteiger partial charge in [0.25, 0.3) is 0 Å². The van der Waals surface area contributed by atoms with Crippen molar-refractivity contribution in [2.45, 2.75) is 45.1 Å². The van der Waals surface area contributed by atoms with E-state index in [0.29, 0.717) is 17.8 Å². The van der Waals surface area contributed by atoms with Crippen LogP contribution in [0.2, 0.25) is 0 Å². The summed E-state index contributed by atoms with van der Waals surface area (Å²) in [6.45, 7) is 2.84. The first-order valence-corrected chi connectivity index (χ1v) is 8.03. The smallest absolute Gasteiger partial charge is 0.207 e. The summed E-state index contributed by atoms with van der Waals surface area (Å²) in [5, 5.41) is 3.65. The SMILES string of the molecule is Cc1nn(C(F)F)c(C)c1S(=O)(=O)N1CCC[C@H](C)C1. The summed E-state index contributed by atoms with van der Waals surface area (Å²) < 4.78 is 52.7. The maximum absolute atomic E-state index is 12.8. The molecule has 1 aromatic rings. The van der Waals surface area contributed by atoms with Gasteiger partial charge in [-0.3, -0.25) is 0 Å². The van der Waals surface area contributed by atoms with E-state index in [1.807, 2.05) is 6.92 Å². The number of alkyl halides is 2. The summed E-state index contributed by atoms with van der Waals surface area (Å²) >= 11 is 0. The van der Waals surface area contributed by atoms with Gasteiger partial charge in [-0.05, 0) is 32.6 Å². The van der Waals surface area contributed by atoms with Crippen molar-refractivity contribution in [3.8, 4) is 0 Å². The first-order valence-electron chi connectivity index (χ1n) is 6.59. The Labute approximate surface area is 117 Å². The van der Waals surface area contributed by atoms with E-state index in [4.69, 9.17) is 0 Å². The van der Waals surface area contributed by atoms with Gasteiger partial charge in [0.2, 0.25) is 10.0 Å². The fraction of sp³-hybridized carbons (Fsp3) is 0.750. The van der Waals surface area contributed by atoms with Crippen LogP contribution in [-0.4, -0.2) is 35.6 Å². The molecule has 1 fully saturated rings. The molecule has 8 heteroatoms. The first kappa shape index (κ1) is 15.4. The molecule has 114 valence electrons. The van der Waals surface area contributed by atoms with Crippen LogP contribution in [0.5, 0.6) is 0 Å². The van der Waals surface area contributed by atoms with Crippen molar-refractivity contribution in [3.05, 3.63) is 11.4 Å². The molecule has 2 heterocycles. The van der Waals surface area contributed by atoms with Crippen molar-refractivity contribution >= 4 is 10.0 Å². The van der Waals surface area contributed by atoms with Crippen LogP contribution in [0.4, 0.5) is 8.78 Å². The second kappa shape index (κ2) is 5.40. The van der Waals surface area contributed by atoms with E-state index >= 15 is 0 Å². The lowest BCUT2D eigenvalue weighted by molar-refractivity contribution is 0.0538. The molecular formula is C12H19F2N3O2S. The first-order chi connectivity index (χ1) is 9.25. The lowest BCUT2D eigenvalue weighted by Gasteiger charge is -2.30.